The Morgan fingerprint density at radius 1 is 1.00 bits per heavy atom. The number of halogens is 4. The van der Waals surface area contributed by atoms with Crippen molar-refractivity contribution in [3.05, 3.63) is 88.0 Å². The highest BCUT2D eigenvalue weighted by molar-refractivity contribution is 5.75. The zero-order valence-corrected chi connectivity index (χ0v) is 21.1. The van der Waals surface area contributed by atoms with Gasteiger partial charge in [0.15, 0.2) is 0 Å². The lowest BCUT2D eigenvalue weighted by molar-refractivity contribution is -0.137. The number of hydrogen-bond acceptors (Lipinski definition) is 3. The van der Waals surface area contributed by atoms with E-state index >= 15 is 0 Å². The molecule has 3 N–H and O–H groups in total. The van der Waals surface area contributed by atoms with Crippen LogP contribution in [0.5, 0.6) is 0 Å². The molecule has 0 bridgehead atoms. The van der Waals surface area contributed by atoms with Gasteiger partial charge in [-0.25, -0.2) is 4.39 Å². The molecule has 1 aromatic heterocycles. The minimum Gasteiger partial charge on any atom is -0.388 e. The van der Waals surface area contributed by atoms with Crippen LogP contribution in [0.1, 0.15) is 97.7 Å². The Morgan fingerprint density at radius 2 is 1.62 bits per heavy atom. The number of aromatic nitrogens is 1. The van der Waals surface area contributed by atoms with E-state index in [4.69, 9.17) is 10.7 Å². The van der Waals surface area contributed by atoms with Crippen molar-refractivity contribution < 1.29 is 22.7 Å². The number of fused-ring (bicyclic) bond motifs is 1. The summed E-state index contributed by atoms with van der Waals surface area (Å²) in [5.41, 5.74) is 11.1. The summed E-state index contributed by atoms with van der Waals surface area (Å²) >= 11 is 0. The molecule has 37 heavy (non-hydrogen) atoms. The highest BCUT2D eigenvalue weighted by Crippen LogP contribution is 2.49. The van der Waals surface area contributed by atoms with E-state index in [1.54, 1.807) is 12.1 Å². The molecular formula is C30H32F4N2O. The van der Waals surface area contributed by atoms with Gasteiger partial charge in [-0.05, 0) is 72.1 Å². The Labute approximate surface area is 214 Å². The first-order chi connectivity index (χ1) is 17.4. The Hall–Kier alpha value is -2.77. The van der Waals surface area contributed by atoms with E-state index in [1.165, 1.54) is 24.3 Å². The zero-order chi connectivity index (χ0) is 26.5. The summed E-state index contributed by atoms with van der Waals surface area (Å²) in [4.78, 5) is 5.15. The van der Waals surface area contributed by atoms with Gasteiger partial charge >= 0.3 is 6.18 Å². The van der Waals surface area contributed by atoms with Gasteiger partial charge in [-0.15, -0.1) is 0 Å². The lowest BCUT2D eigenvalue weighted by atomic mass is 9.71. The van der Waals surface area contributed by atoms with Crippen LogP contribution in [-0.4, -0.2) is 10.1 Å². The molecule has 0 saturated heterocycles. The molecule has 0 aliphatic heterocycles. The monoisotopic (exact) mass is 512 g/mol. The van der Waals surface area contributed by atoms with Gasteiger partial charge in [-0.3, -0.25) is 4.98 Å². The minimum absolute atomic E-state index is 0.149. The molecule has 3 nitrogen and oxygen atoms in total. The van der Waals surface area contributed by atoms with Crippen molar-refractivity contribution in [3.63, 3.8) is 0 Å². The molecule has 2 atom stereocenters. The van der Waals surface area contributed by atoms with Crippen LogP contribution >= 0.6 is 0 Å². The van der Waals surface area contributed by atoms with Crippen LogP contribution in [0.4, 0.5) is 17.6 Å². The van der Waals surface area contributed by atoms with Crippen molar-refractivity contribution in [2.24, 2.45) is 11.1 Å². The number of aliphatic hydroxyl groups is 1. The molecule has 1 saturated carbocycles. The molecule has 7 heteroatoms. The normalized spacial score (nSPS) is 20.6. The number of nitrogens with two attached hydrogens (primary N) is 1. The van der Waals surface area contributed by atoms with E-state index in [0.717, 1.165) is 65.9 Å². The van der Waals surface area contributed by atoms with Gasteiger partial charge in [-0.2, -0.15) is 13.2 Å². The Kier molecular flexibility index (Phi) is 6.65. The van der Waals surface area contributed by atoms with Crippen LogP contribution in [0.3, 0.4) is 0 Å². The summed E-state index contributed by atoms with van der Waals surface area (Å²) in [5.74, 6) is -0.208. The maximum atomic E-state index is 13.9. The van der Waals surface area contributed by atoms with Crippen molar-refractivity contribution in [1.29, 1.82) is 0 Å². The largest absolute Gasteiger partial charge is 0.416 e. The SMILES string of the molecule is CC1(C)Cc2nc(C3CCCC3)c(C(N)c3ccc(C(F)(F)F)cc3)c(-c3ccc(F)cc3)c2C(O)C1. The van der Waals surface area contributed by atoms with Gasteiger partial charge in [0.2, 0.25) is 0 Å². The highest BCUT2D eigenvalue weighted by atomic mass is 19.4. The summed E-state index contributed by atoms with van der Waals surface area (Å²) < 4.78 is 53.6. The van der Waals surface area contributed by atoms with Crippen LogP contribution < -0.4 is 5.73 Å². The number of nitrogens with zero attached hydrogens (tertiary/aromatic N) is 1. The third-order valence-electron chi connectivity index (χ3n) is 7.89. The number of aliphatic hydroxyl groups excluding tert-OH is 1. The van der Waals surface area contributed by atoms with E-state index in [-0.39, 0.29) is 17.2 Å². The van der Waals surface area contributed by atoms with Gasteiger partial charge < -0.3 is 10.8 Å². The molecular weight excluding hydrogens is 480 g/mol. The molecule has 2 aliphatic carbocycles. The maximum Gasteiger partial charge on any atom is 0.416 e. The smallest absolute Gasteiger partial charge is 0.388 e. The second kappa shape index (κ2) is 9.52. The first-order valence-electron chi connectivity index (χ1n) is 12.9. The number of pyridine rings is 1. The number of benzene rings is 2. The molecule has 2 aliphatic rings. The summed E-state index contributed by atoms with van der Waals surface area (Å²) in [6.07, 6.45) is 0.0254. The molecule has 1 heterocycles. The van der Waals surface area contributed by atoms with Gasteiger partial charge in [-0.1, -0.05) is 51.0 Å². The van der Waals surface area contributed by atoms with Gasteiger partial charge in [0.05, 0.1) is 17.7 Å². The first-order valence-corrected chi connectivity index (χ1v) is 12.9. The topological polar surface area (TPSA) is 59.1 Å². The molecule has 196 valence electrons. The number of hydrogen-bond donors (Lipinski definition) is 2. The average molecular weight is 513 g/mol. The van der Waals surface area contributed by atoms with Gasteiger partial charge in [0.1, 0.15) is 5.82 Å². The second-order valence-electron chi connectivity index (χ2n) is 11.3. The fourth-order valence-electron chi connectivity index (χ4n) is 6.13. The molecule has 2 aromatic carbocycles. The van der Waals surface area contributed by atoms with E-state index in [2.05, 4.69) is 13.8 Å². The van der Waals surface area contributed by atoms with Crippen molar-refractivity contribution in [1.82, 2.24) is 4.98 Å². The Balaban J connectivity index is 1.77. The summed E-state index contributed by atoms with van der Waals surface area (Å²) in [7, 11) is 0. The Morgan fingerprint density at radius 3 is 2.22 bits per heavy atom. The third-order valence-corrected chi connectivity index (χ3v) is 7.89. The minimum atomic E-state index is -4.44. The molecule has 0 radical (unpaired) electrons. The molecule has 2 unspecified atom stereocenters. The molecule has 0 spiro atoms. The lowest BCUT2D eigenvalue weighted by Gasteiger charge is -2.37. The lowest BCUT2D eigenvalue weighted by Crippen LogP contribution is -2.30. The predicted molar refractivity (Wildman–Crippen MR) is 135 cm³/mol. The van der Waals surface area contributed by atoms with Crippen molar-refractivity contribution in [3.8, 4) is 11.1 Å². The summed E-state index contributed by atoms with van der Waals surface area (Å²) in [6.45, 7) is 4.21. The quantitative estimate of drug-likeness (QED) is 0.354. The van der Waals surface area contributed by atoms with Crippen molar-refractivity contribution in [2.45, 2.75) is 76.6 Å². The van der Waals surface area contributed by atoms with Crippen LogP contribution in [0.25, 0.3) is 11.1 Å². The summed E-state index contributed by atoms with van der Waals surface area (Å²) in [5, 5.41) is 11.4. The van der Waals surface area contributed by atoms with Gasteiger partial charge in [0.25, 0.3) is 0 Å². The van der Waals surface area contributed by atoms with Crippen LogP contribution in [0.2, 0.25) is 0 Å². The van der Waals surface area contributed by atoms with E-state index < -0.39 is 23.9 Å². The maximum absolute atomic E-state index is 13.9. The van der Waals surface area contributed by atoms with E-state index in [0.29, 0.717) is 24.0 Å². The second-order valence-corrected chi connectivity index (χ2v) is 11.3. The number of rotatable bonds is 4. The van der Waals surface area contributed by atoms with Crippen molar-refractivity contribution in [2.75, 3.05) is 0 Å². The average Bonchev–Trinajstić information content (AvgIpc) is 3.37. The molecule has 3 aromatic rings. The molecule has 0 amide bonds. The van der Waals surface area contributed by atoms with Gasteiger partial charge in [0, 0.05) is 28.4 Å². The third kappa shape index (κ3) is 5.04. The predicted octanol–water partition coefficient (Wildman–Crippen LogP) is 7.62. The van der Waals surface area contributed by atoms with Crippen LogP contribution in [0.15, 0.2) is 48.5 Å². The standard InChI is InChI=1S/C30H32F4N2O/c1-29(2)15-22-25(23(37)16-29)24(17-9-13-21(31)14-10-17)26(28(36-22)19-5-3-4-6-19)27(35)18-7-11-20(12-8-18)30(32,33)34/h7-14,19,23,27,37H,3-6,15-16,35H2,1-2H3. The fourth-order valence-corrected chi connectivity index (χ4v) is 6.13. The van der Waals surface area contributed by atoms with E-state index in [9.17, 15) is 22.7 Å². The zero-order valence-electron chi connectivity index (χ0n) is 21.1. The number of alkyl halides is 3. The van der Waals surface area contributed by atoms with Crippen LogP contribution in [0, 0.1) is 11.2 Å². The highest BCUT2D eigenvalue weighted by Gasteiger charge is 2.38. The summed E-state index contributed by atoms with van der Waals surface area (Å²) in [6, 6.07) is 10.3. The van der Waals surface area contributed by atoms with Crippen LogP contribution in [-0.2, 0) is 12.6 Å². The Bertz CT molecular complexity index is 1280. The fraction of sp³-hybridized carbons (Fsp3) is 0.433. The molecule has 1 fully saturated rings. The van der Waals surface area contributed by atoms with Crippen molar-refractivity contribution >= 4 is 0 Å². The first kappa shape index (κ1) is 25.9. The van der Waals surface area contributed by atoms with E-state index in [1.807, 2.05) is 0 Å². The molecule has 5 rings (SSSR count).